The summed E-state index contributed by atoms with van der Waals surface area (Å²) in [7, 11) is -2.82. The van der Waals surface area contributed by atoms with Crippen molar-refractivity contribution in [2.75, 3.05) is 16.7 Å². The number of amides is 4. The summed E-state index contributed by atoms with van der Waals surface area (Å²) < 4.78 is 59.4. The number of hydrogen-bond donors (Lipinski definition) is 3. The molecule has 51 heavy (non-hydrogen) atoms. The monoisotopic (exact) mass is 714 g/mol. The number of carboxylic acids is 1. The summed E-state index contributed by atoms with van der Waals surface area (Å²) in [6.07, 6.45) is 7.14. The Labute approximate surface area is 288 Å². The number of hydrogen-bond acceptors (Lipinski definition) is 9. The van der Waals surface area contributed by atoms with Gasteiger partial charge in [0.2, 0.25) is 0 Å². The molecule has 17 heteroatoms. The number of aromatic nitrogens is 2. The van der Waals surface area contributed by atoms with Crippen LogP contribution in [-0.2, 0) is 26.0 Å². The SMILES string of the molecule is C[N+]1=C2C=NC=CC2C(=O)N(c2ccc(C[C@H](NC(=O)c3c(F)cc(NS(=O)(=O)c4ccc(-c5ncccn5)cc4)cc3F)C(=O)O)cc2)C1=O. The number of benzene rings is 3. The van der Waals surface area contributed by atoms with Crippen molar-refractivity contribution in [1.29, 1.82) is 0 Å². The second-order valence-corrected chi connectivity index (χ2v) is 13.0. The van der Waals surface area contributed by atoms with E-state index in [2.05, 4.69) is 25.0 Å². The summed E-state index contributed by atoms with van der Waals surface area (Å²) in [6.45, 7) is 0. The third-order valence-corrected chi connectivity index (χ3v) is 9.39. The number of carboxylic acid groups (broad SMARTS) is 1. The van der Waals surface area contributed by atoms with Crippen LogP contribution >= 0.6 is 0 Å². The number of carbonyl (C=O) groups excluding carboxylic acids is 3. The molecule has 2 aliphatic heterocycles. The van der Waals surface area contributed by atoms with Crippen LogP contribution in [0.2, 0.25) is 0 Å². The molecule has 0 bridgehead atoms. The molecule has 0 aliphatic carbocycles. The summed E-state index contributed by atoms with van der Waals surface area (Å²) in [5.41, 5.74) is -0.136. The second-order valence-electron chi connectivity index (χ2n) is 11.3. The molecule has 0 saturated heterocycles. The molecule has 4 aromatic rings. The van der Waals surface area contributed by atoms with Crippen molar-refractivity contribution in [2.24, 2.45) is 10.9 Å². The van der Waals surface area contributed by atoms with Gasteiger partial charge in [-0.15, -0.1) is 4.90 Å². The van der Waals surface area contributed by atoms with Gasteiger partial charge in [0.15, 0.2) is 5.82 Å². The second kappa shape index (κ2) is 13.8. The van der Waals surface area contributed by atoms with Crippen LogP contribution in [0, 0.1) is 17.6 Å². The van der Waals surface area contributed by atoms with E-state index in [0.29, 0.717) is 34.8 Å². The number of sulfonamides is 1. The highest BCUT2D eigenvalue weighted by Crippen LogP contribution is 2.26. The van der Waals surface area contributed by atoms with Gasteiger partial charge in [-0.1, -0.05) is 12.1 Å². The van der Waals surface area contributed by atoms with Gasteiger partial charge in [0.25, 0.3) is 15.9 Å². The molecule has 14 nitrogen and oxygen atoms in total. The van der Waals surface area contributed by atoms with Crippen LogP contribution in [-0.4, -0.2) is 76.9 Å². The molecule has 2 aliphatic rings. The summed E-state index contributed by atoms with van der Waals surface area (Å²) >= 11 is 0. The number of aliphatic carboxylic acids is 1. The number of nitrogens with one attached hydrogen (secondary N) is 2. The van der Waals surface area contributed by atoms with Gasteiger partial charge in [-0.05, 0) is 66.2 Å². The van der Waals surface area contributed by atoms with Crippen LogP contribution in [0.15, 0.2) is 101 Å². The average Bonchev–Trinajstić information content (AvgIpc) is 3.11. The normalized spacial score (nSPS) is 16.1. The lowest BCUT2D eigenvalue weighted by atomic mass is 9.97. The topological polar surface area (TPSA) is 191 Å². The largest absolute Gasteiger partial charge is 0.506 e. The lowest BCUT2D eigenvalue weighted by Gasteiger charge is -2.24. The van der Waals surface area contributed by atoms with E-state index in [0.717, 1.165) is 4.90 Å². The van der Waals surface area contributed by atoms with Gasteiger partial charge in [-0.3, -0.25) is 14.5 Å². The van der Waals surface area contributed by atoms with Gasteiger partial charge in [-0.2, -0.15) is 9.37 Å². The minimum absolute atomic E-state index is 0.213. The number of nitrogens with zero attached hydrogens (tertiary/aromatic N) is 5. The van der Waals surface area contributed by atoms with Gasteiger partial charge >= 0.3 is 17.9 Å². The predicted molar refractivity (Wildman–Crippen MR) is 179 cm³/mol. The lowest BCUT2D eigenvalue weighted by Crippen LogP contribution is -2.54. The van der Waals surface area contributed by atoms with E-state index >= 15 is 8.78 Å². The molecule has 0 fully saturated rings. The van der Waals surface area contributed by atoms with Gasteiger partial charge in [0, 0.05) is 30.6 Å². The average molecular weight is 715 g/mol. The number of aliphatic imine (C=N–C) groups is 1. The predicted octanol–water partition coefficient (Wildman–Crippen LogP) is 3.41. The Kier molecular flexibility index (Phi) is 9.29. The highest BCUT2D eigenvalue weighted by atomic mass is 32.2. The maximum absolute atomic E-state index is 15.1. The van der Waals surface area contributed by atoms with Gasteiger partial charge in [-0.25, -0.2) is 36.8 Å². The molecule has 0 radical (unpaired) electrons. The van der Waals surface area contributed by atoms with Crippen molar-refractivity contribution in [1.82, 2.24) is 15.3 Å². The third kappa shape index (κ3) is 7.00. The Balaban J connectivity index is 1.13. The molecule has 2 atom stereocenters. The minimum Gasteiger partial charge on any atom is -0.480 e. The Hall–Kier alpha value is -6.49. The number of fused-ring (bicyclic) bond motifs is 1. The van der Waals surface area contributed by atoms with E-state index in [9.17, 15) is 32.7 Å². The maximum atomic E-state index is 15.1. The lowest BCUT2D eigenvalue weighted by molar-refractivity contribution is -0.392. The summed E-state index contributed by atoms with van der Waals surface area (Å²) in [5, 5.41) is 11.9. The number of halogens is 2. The van der Waals surface area contributed by atoms with Crippen molar-refractivity contribution in [3.63, 3.8) is 0 Å². The molecule has 1 aromatic heterocycles. The van der Waals surface area contributed by atoms with Crippen LogP contribution in [0.3, 0.4) is 0 Å². The van der Waals surface area contributed by atoms with Gasteiger partial charge in [0.05, 0.1) is 23.8 Å². The molecule has 3 aromatic carbocycles. The first-order valence-electron chi connectivity index (χ1n) is 15.0. The highest BCUT2D eigenvalue weighted by Gasteiger charge is 2.47. The fraction of sp³-hybridized carbons (Fsp3) is 0.118. The number of urea groups is 1. The Morgan fingerprint density at radius 2 is 1.65 bits per heavy atom. The van der Waals surface area contributed by atoms with E-state index in [-0.39, 0.29) is 17.0 Å². The van der Waals surface area contributed by atoms with Crippen molar-refractivity contribution in [3.8, 4) is 11.4 Å². The zero-order valence-corrected chi connectivity index (χ0v) is 27.2. The van der Waals surface area contributed by atoms with Crippen molar-refractivity contribution in [2.45, 2.75) is 17.4 Å². The molecule has 258 valence electrons. The van der Waals surface area contributed by atoms with Crippen molar-refractivity contribution in [3.05, 3.63) is 114 Å². The molecule has 0 saturated carbocycles. The van der Waals surface area contributed by atoms with E-state index in [4.69, 9.17) is 0 Å². The van der Waals surface area contributed by atoms with Crippen molar-refractivity contribution < 1.29 is 46.1 Å². The molecular formula is C34H26F2N7O7S+. The first-order valence-corrected chi connectivity index (χ1v) is 16.5. The Morgan fingerprint density at radius 1 is 1.00 bits per heavy atom. The van der Waals surface area contributed by atoms with E-state index in [1.165, 1.54) is 85.0 Å². The molecule has 3 N–H and O–H groups in total. The number of anilines is 2. The highest BCUT2D eigenvalue weighted by molar-refractivity contribution is 7.92. The molecule has 6 rings (SSSR count). The number of imide groups is 1. The van der Waals surface area contributed by atoms with Crippen LogP contribution < -0.4 is 14.9 Å². The zero-order chi connectivity index (χ0) is 36.4. The molecule has 0 spiro atoms. The molecule has 3 heterocycles. The van der Waals surface area contributed by atoms with Gasteiger partial charge in [0.1, 0.15) is 40.6 Å². The first-order chi connectivity index (χ1) is 24.3. The smallest absolute Gasteiger partial charge is 0.480 e. The number of carbonyl (C=O) groups is 4. The Bertz CT molecular complexity index is 2260. The van der Waals surface area contributed by atoms with E-state index in [1.807, 2.05) is 0 Å². The zero-order valence-electron chi connectivity index (χ0n) is 26.4. The van der Waals surface area contributed by atoms with Crippen molar-refractivity contribution >= 4 is 57.1 Å². The van der Waals surface area contributed by atoms with Gasteiger partial charge < -0.3 is 10.4 Å². The third-order valence-electron chi connectivity index (χ3n) is 7.99. The standard InChI is InChI=1S/C34H25F2N7O7S/c1-42-28-18-37-14-11-24(28)32(45)43(34(42)48)22-7-3-19(4-8-22)15-27(33(46)47)40-31(44)29-25(35)16-21(17-26(29)36)41-51(49,50)23-9-5-20(6-10-23)30-38-12-2-13-39-30/h2-14,16-18,24,27H,15H2,1H3,(H2-,40,41,44,46,47)/p+1/t24?,27-/m0/s1. The fourth-order valence-electron chi connectivity index (χ4n) is 5.41. The van der Waals surface area contributed by atoms with E-state index in [1.54, 1.807) is 12.1 Å². The quantitative estimate of drug-likeness (QED) is 0.207. The van der Waals surface area contributed by atoms with Crippen LogP contribution in [0.5, 0.6) is 0 Å². The van der Waals surface area contributed by atoms with E-state index < -0.39 is 68.7 Å². The number of rotatable bonds is 10. The van der Waals surface area contributed by atoms with Crippen LogP contribution in [0.4, 0.5) is 25.0 Å². The summed E-state index contributed by atoms with van der Waals surface area (Å²) in [4.78, 5) is 63.9. The summed E-state index contributed by atoms with van der Waals surface area (Å²) in [5.74, 6) is -6.68. The van der Waals surface area contributed by atoms with Crippen LogP contribution in [0.25, 0.3) is 11.4 Å². The summed E-state index contributed by atoms with van der Waals surface area (Å²) in [6, 6.07) is 11.7. The minimum atomic E-state index is -4.32. The molecular weight excluding hydrogens is 688 g/mol. The van der Waals surface area contributed by atoms with Crippen LogP contribution in [0.1, 0.15) is 15.9 Å². The Morgan fingerprint density at radius 3 is 2.27 bits per heavy atom. The maximum Gasteiger partial charge on any atom is 0.506 e. The molecule has 4 amide bonds. The fourth-order valence-corrected chi connectivity index (χ4v) is 6.45. The first kappa shape index (κ1) is 34.4. The molecule has 1 unspecified atom stereocenters.